The summed E-state index contributed by atoms with van der Waals surface area (Å²) in [6, 6.07) is 0. The Morgan fingerprint density at radius 1 is 1.86 bits per heavy atom. The largest absolute Gasteiger partial charge is 0.458 e. The van der Waals surface area contributed by atoms with E-state index in [0.717, 1.165) is 0 Å². The highest BCUT2D eigenvalue weighted by atomic mass is 32.1. The number of carbonyl (C=O) groups is 1. The fourth-order valence-corrected chi connectivity index (χ4v) is 0.436. The molecule has 1 saturated heterocycles. The summed E-state index contributed by atoms with van der Waals surface area (Å²) >= 11 is 4.41. The Kier molecular flexibility index (Phi) is 0.941. The fourth-order valence-electron chi connectivity index (χ4n) is 0.305. The van der Waals surface area contributed by atoms with E-state index in [1.54, 1.807) is 0 Å². The second-order valence-corrected chi connectivity index (χ2v) is 1.45. The molecule has 1 aliphatic heterocycles. The third-order valence-corrected chi connectivity index (χ3v) is 0.925. The van der Waals surface area contributed by atoms with Gasteiger partial charge in [-0.15, -0.1) is 0 Å². The van der Waals surface area contributed by atoms with Crippen LogP contribution in [-0.4, -0.2) is 17.7 Å². The lowest BCUT2D eigenvalue weighted by Gasteiger charge is -1.80. The Morgan fingerprint density at radius 2 is 2.57 bits per heavy atom. The molecule has 0 atom stereocenters. The molecule has 0 aliphatic carbocycles. The van der Waals surface area contributed by atoms with Gasteiger partial charge in [0.25, 0.3) is 5.05 Å². The number of ether oxygens (including phenoxy) is 1. The summed E-state index contributed by atoms with van der Waals surface area (Å²) in [6.45, 7) is 0.234. The number of carbonyl (C=O) groups excluding carboxylic acids is 1. The maximum atomic E-state index is 10.2. The van der Waals surface area contributed by atoms with Crippen LogP contribution in [0.4, 0.5) is 0 Å². The molecule has 0 bridgehead atoms. The minimum Gasteiger partial charge on any atom is -0.458 e. The molecular formula is C3H3NO2S. The molecule has 0 spiro atoms. The lowest BCUT2D eigenvalue weighted by atomic mass is 10.7. The van der Waals surface area contributed by atoms with Gasteiger partial charge in [0.2, 0.25) is 0 Å². The van der Waals surface area contributed by atoms with Gasteiger partial charge in [-0.1, -0.05) is 0 Å². The molecule has 1 heterocycles. The van der Waals surface area contributed by atoms with Crippen LogP contribution in [0.2, 0.25) is 0 Å². The van der Waals surface area contributed by atoms with Crippen molar-refractivity contribution in [1.82, 2.24) is 5.32 Å². The topological polar surface area (TPSA) is 38.3 Å². The van der Waals surface area contributed by atoms with E-state index >= 15 is 0 Å². The number of thiocarbonyl (C=S) groups is 1. The van der Waals surface area contributed by atoms with Crippen LogP contribution in [0, 0.1) is 0 Å². The summed E-state index contributed by atoms with van der Waals surface area (Å²) in [7, 11) is 0. The van der Waals surface area contributed by atoms with Gasteiger partial charge >= 0.3 is 5.91 Å². The quantitative estimate of drug-likeness (QED) is 0.431. The van der Waals surface area contributed by atoms with Crippen molar-refractivity contribution in [3.8, 4) is 0 Å². The van der Waals surface area contributed by atoms with Gasteiger partial charge in [-0.25, -0.2) is 0 Å². The predicted octanol–water partition coefficient (Wildman–Crippen LogP) is -0.582. The van der Waals surface area contributed by atoms with Gasteiger partial charge < -0.3 is 10.1 Å². The highest BCUT2D eigenvalue weighted by Gasteiger charge is 2.15. The average Bonchev–Trinajstić information content (AvgIpc) is 1.91. The first-order valence-corrected chi connectivity index (χ1v) is 2.16. The number of hydrogen-bond acceptors (Lipinski definition) is 3. The molecule has 0 aromatic heterocycles. The van der Waals surface area contributed by atoms with Crippen LogP contribution in [0.3, 0.4) is 0 Å². The van der Waals surface area contributed by atoms with E-state index in [-0.39, 0.29) is 17.7 Å². The second kappa shape index (κ2) is 1.46. The van der Waals surface area contributed by atoms with Crippen molar-refractivity contribution in [2.45, 2.75) is 0 Å². The molecule has 4 heteroatoms. The monoisotopic (exact) mass is 117 g/mol. The van der Waals surface area contributed by atoms with Gasteiger partial charge in [-0.05, 0) is 12.2 Å². The Bertz CT molecular complexity index is 108. The summed E-state index contributed by atoms with van der Waals surface area (Å²) in [5, 5.41) is 2.41. The zero-order valence-electron chi connectivity index (χ0n) is 3.43. The van der Waals surface area contributed by atoms with Gasteiger partial charge in [-0.2, -0.15) is 0 Å². The highest BCUT2D eigenvalue weighted by molar-refractivity contribution is 7.81. The summed E-state index contributed by atoms with van der Waals surface area (Å²) in [6.07, 6.45) is 0. The van der Waals surface area contributed by atoms with Crippen LogP contribution < -0.4 is 5.32 Å². The molecule has 0 aromatic rings. The van der Waals surface area contributed by atoms with Gasteiger partial charge in [-0.3, -0.25) is 4.79 Å². The Balaban J connectivity index is 2.65. The van der Waals surface area contributed by atoms with Gasteiger partial charge in [0.15, 0.2) is 6.73 Å². The first-order valence-electron chi connectivity index (χ1n) is 1.75. The van der Waals surface area contributed by atoms with Crippen molar-refractivity contribution in [3.05, 3.63) is 0 Å². The van der Waals surface area contributed by atoms with E-state index in [9.17, 15) is 4.79 Å². The van der Waals surface area contributed by atoms with Crippen LogP contribution in [0.25, 0.3) is 0 Å². The van der Waals surface area contributed by atoms with Crippen LogP contribution in [0.1, 0.15) is 0 Å². The van der Waals surface area contributed by atoms with Crippen molar-refractivity contribution < 1.29 is 9.53 Å². The average molecular weight is 117 g/mol. The number of hydrogen-bond donors (Lipinski definition) is 1. The molecule has 38 valence electrons. The Hall–Kier alpha value is -0.640. The number of rotatable bonds is 0. The maximum Gasteiger partial charge on any atom is 0.300 e. The summed E-state index contributed by atoms with van der Waals surface area (Å²) in [5.41, 5.74) is 0. The first-order chi connectivity index (χ1) is 3.30. The second-order valence-electron chi connectivity index (χ2n) is 1.08. The van der Waals surface area contributed by atoms with Gasteiger partial charge in [0.1, 0.15) is 0 Å². The van der Waals surface area contributed by atoms with Crippen molar-refractivity contribution in [2.24, 2.45) is 0 Å². The van der Waals surface area contributed by atoms with Crippen molar-refractivity contribution in [2.75, 3.05) is 6.73 Å². The highest BCUT2D eigenvalue weighted by Crippen LogP contribution is 1.87. The molecule has 0 radical (unpaired) electrons. The molecule has 0 unspecified atom stereocenters. The van der Waals surface area contributed by atoms with Gasteiger partial charge in [0, 0.05) is 0 Å². The third kappa shape index (κ3) is 0.691. The SMILES string of the molecule is O=C1NCOC1=S. The van der Waals surface area contributed by atoms with Crippen LogP contribution in [0.15, 0.2) is 0 Å². The lowest BCUT2D eigenvalue weighted by molar-refractivity contribution is -0.113. The fraction of sp³-hybridized carbons (Fsp3) is 0.333. The molecule has 1 N–H and O–H groups in total. The standard InChI is InChI=1S/C3H3NO2S/c5-2-3(7)6-1-4-2/h1H2,(H,4,5). The van der Waals surface area contributed by atoms with E-state index < -0.39 is 0 Å². The van der Waals surface area contributed by atoms with Crippen molar-refractivity contribution in [1.29, 1.82) is 0 Å². The number of nitrogens with one attached hydrogen (secondary N) is 1. The summed E-state index contributed by atoms with van der Waals surface area (Å²) in [5.74, 6) is -0.282. The predicted molar refractivity (Wildman–Crippen MR) is 26.7 cm³/mol. The van der Waals surface area contributed by atoms with Crippen LogP contribution in [0.5, 0.6) is 0 Å². The van der Waals surface area contributed by atoms with Crippen LogP contribution in [-0.2, 0) is 9.53 Å². The molecule has 3 nitrogen and oxygen atoms in total. The molecule has 7 heavy (non-hydrogen) atoms. The lowest BCUT2D eigenvalue weighted by Crippen LogP contribution is -2.17. The summed E-state index contributed by atoms with van der Waals surface area (Å²) in [4.78, 5) is 10.2. The molecule has 0 saturated carbocycles. The minimum absolute atomic E-state index is 0.0417. The van der Waals surface area contributed by atoms with E-state index in [1.807, 2.05) is 0 Å². The van der Waals surface area contributed by atoms with E-state index in [1.165, 1.54) is 0 Å². The van der Waals surface area contributed by atoms with E-state index in [4.69, 9.17) is 0 Å². The third-order valence-electron chi connectivity index (χ3n) is 0.621. The molecule has 1 fully saturated rings. The zero-order chi connectivity index (χ0) is 5.28. The maximum absolute atomic E-state index is 10.2. The molecular weight excluding hydrogens is 114 g/mol. The number of amides is 1. The zero-order valence-corrected chi connectivity index (χ0v) is 4.25. The summed E-state index contributed by atoms with van der Waals surface area (Å²) < 4.78 is 4.54. The first kappa shape index (κ1) is 4.52. The van der Waals surface area contributed by atoms with Crippen molar-refractivity contribution >= 4 is 23.2 Å². The smallest absolute Gasteiger partial charge is 0.300 e. The Morgan fingerprint density at radius 3 is 2.71 bits per heavy atom. The van der Waals surface area contributed by atoms with E-state index in [2.05, 4.69) is 22.3 Å². The minimum atomic E-state index is -0.282. The molecule has 0 aromatic carbocycles. The molecule has 1 amide bonds. The van der Waals surface area contributed by atoms with Crippen molar-refractivity contribution in [3.63, 3.8) is 0 Å². The molecule has 1 rings (SSSR count). The molecule has 1 aliphatic rings. The normalized spacial score (nSPS) is 18.9. The van der Waals surface area contributed by atoms with E-state index in [0.29, 0.717) is 0 Å². The Labute approximate surface area is 45.6 Å². The van der Waals surface area contributed by atoms with Gasteiger partial charge in [0.05, 0.1) is 0 Å². The van der Waals surface area contributed by atoms with Crippen LogP contribution >= 0.6 is 12.2 Å².